The number of rotatable bonds is 6. The van der Waals surface area contributed by atoms with E-state index in [2.05, 4.69) is 15.6 Å². The van der Waals surface area contributed by atoms with Gasteiger partial charge in [0.15, 0.2) is 0 Å². The van der Waals surface area contributed by atoms with Gasteiger partial charge in [-0.1, -0.05) is 18.2 Å². The van der Waals surface area contributed by atoms with Crippen LogP contribution in [0.1, 0.15) is 11.1 Å². The largest absolute Gasteiger partial charge is 0.419 e. The number of halogens is 4. The zero-order chi connectivity index (χ0) is 18.3. The highest BCUT2D eigenvalue weighted by Crippen LogP contribution is 2.33. The quantitative estimate of drug-likeness (QED) is 0.475. The van der Waals surface area contributed by atoms with Crippen LogP contribution in [0.15, 0.2) is 48.7 Å². The Labute approximate surface area is 141 Å². The average molecular weight is 353 g/mol. The van der Waals surface area contributed by atoms with Gasteiger partial charge in [-0.25, -0.2) is 9.37 Å². The predicted molar refractivity (Wildman–Crippen MR) is 86.2 cm³/mol. The Bertz CT molecular complexity index is 760. The van der Waals surface area contributed by atoms with Gasteiger partial charge >= 0.3 is 6.18 Å². The van der Waals surface area contributed by atoms with Gasteiger partial charge in [-0.2, -0.15) is 13.2 Å². The number of carbonyl (C=O) groups is 1. The summed E-state index contributed by atoms with van der Waals surface area (Å²) < 4.78 is 51.7. The predicted octanol–water partition coefficient (Wildman–Crippen LogP) is 3.48. The second-order valence-electron chi connectivity index (χ2n) is 4.97. The SMILES string of the molecule is O=C(C=Cc1ccccc1F)NCCNc1ncccc1C(F)(F)F. The summed E-state index contributed by atoms with van der Waals surface area (Å²) in [5, 5.41) is 5.01. The molecule has 0 saturated carbocycles. The van der Waals surface area contributed by atoms with Crippen LogP contribution in [0.3, 0.4) is 0 Å². The molecule has 0 aliphatic heterocycles. The molecule has 0 fully saturated rings. The van der Waals surface area contributed by atoms with E-state index in [0.717, 1.165) is 12.1 Å². The van der Waals surface area contributed by atoms with E-state index in [0.29, 0.717) is 0 Å². The first kappa shape index (κ1) is 18.4. The summed E-state index contributed by atoms with van der Waals surface area (Å²) in [6.45, 7) is 0.133. The zero-order valence-corrected chi connectivity index (χ0v) is 13.0. The van der Waals surface area contributed by atoms with Crippen molar-refractivity contribution in [3.8, 4) is 0 Å². The summed E-state index contributed by atoms with van der Waals surface area (Å²) in [4.78, 5) is 15.3. The van der Waals surface area contributed by atoms with Crippen molar-refractivity contribution >= 4 is 17.8 Å². The third kappa shape index (κ3) is 5.59. The normalized spacial score (nSPS) is 11.5. The third-order valence-corrected chi connectivity index (χ3v) is 3.15. The molecule has 2 aromatic rings. The number of alkyl halides is 3. The highest BCUT2D eigenvalue weighted by molar-refractivity contribution is 5.91. The van der Waals surface area contributed by atoms with E-state index >= 15 is 0 Å². The first-order valence-corrected chi connectivity index (χ1v) is 7.34. The van der Waals surface area contributed by atoms with Crippen molar-refractivity contribution < 1.29 is 22.4 Å². The fourth-order valence-electron chi connectivity index (χ4n) is 1.98. The number of hydrogen-bond acceptors (Lipinski definition) is 3. The number of amides is 1. The smallest absolute Gasteiger partial charge is 0.368 e. The molecule has 0 unspecified atom stereocenters. The van der Waals surface area contributed by atoms with Gasteiger partial charge in [0.05, 0.1) is 5.56 Å². The van der Waals surface area contributed by atoms with Crippen molar-refractivity contribution in [3.63, 3.8) is 0 Å². The number of nitrogens with one attached hydrogen (secondary N) is 2. The van der Waals surface area contributed by atoms with E-state index in [1.807, 2.05) is 0 Å². The maximum atomic E-state index is 13.4. The number of anilines is 1. The number of benzene rings is 1. The molecule has 25 heavy (non-hydrogen) atoms. The minimum atomic E-state index is -4.51. The molecule has 0 aliphatic rings. The molecule has 8 heteroatoms. The molecule has 1 heterocycles. The third-order valence-electron chi connectivity index (χ3n) is 3.15. The van der Waals surface area contributed by atoms with Gasteiger partial charge in [0.1, 0.15) is 11.6 Å². The summed E-state index contributed by atoms with van der Waals surface area (Å²) >= 11 is 0. The lowest BCUT2D eigenvalue weighted by Gasteiger charge is -2.13. The monoisotopic (exact) mass is 353 g/mol. The lowest BCUT2D eigenvalue weighted by Crippen LogP contribution is -2.27. The van der Waals surface area contributed by atoms with Crippen LogP contribution in [0.4, 0.5) is 23.4 Å². The maximum absolute atomic E-state index is 13.4. The second-order valence-corrected chi connectivity index (χ2v) is 4.97. The lowest BCUT2D eigenvalue weighted by atomic mass is 10.2. The van der Waals surface area contributed by atoms with Gasteiger partial charge in [0.25, 0.3) is 0 Å². The molecule has 132 valence electrons. The van der Waals surface area contributed by atoms with E-state index < -0.39 is 23.5 Å². The number of nitrogens with zero attached hydrogens (tertiary/aromatic N) is 1. The Kier molecular flexibility index (Phi) is 6.10. The van der Waals surface area contributed by atoms with Crippen molar-refractivity contribution in [2.24, 2.45) is 0 Å². The Hall–Kier alpha value is -2.90. The summed E-state index contributed by atoms with van der Waals surface area (Å²) in [7, 11) is 0. The molecule has 2 rings (SSSR count). The first-order valence-electron chi connectivity index (χ1n) is 7.34. The first-order chi connectivity index (χ1) is 11.9. The maximum Gasteiger partial charge on any atom is 0.419 e. The van der Waals surface area contributed by atoms with Crippen LogP contribution >= 0.6 is 0 Å². The molecule has 2 N–H and O–H groups in total. The minimum Gasteiger partial charge on any atom is -0.368 e. The number of pyridine rings is 1. The summed E-state index contributed by atoms with van der Waals surface area (Å²) in [5.74, 6) is -1.24. The van der Waals surface area contributed by atoms with Gasteiger partial charge in [-0.05, 0) is 24.3 Å². The standard InChI is InChI=1S/C17H15F4N3O/c18-14-6-2-1-4-12(14)7-8-15(25)22-10-11-24-16-13(17(19,20)21)5-3-9-23-16/h1-9H,10-11H2,(H,22,25)(H,23,24). The molecule has 4 nitrogen and oxygen atoms in total. The van der Waals surface area contributed by atoms with Crippen molar-refractivity contribution in [3.05, 3.63) is 65.6 Å². The summed E-state index contributed by atoms with van der Waals surface area (Å²) in [5.41, 5.74) is -0.611. The van der Waals surface area contributed by atoms with Crippen LogP contribution < -0.4 is 10.6 Å². The van der Waals surface area contributed by atoms with E-state index in [1.54, 1.807) is 6.07 Å². The Balaban J connectivity index is 1.82. The fraction of sp³-hybridized carbons (Fsp3) is 0.176. The van der Waals surface area contributed by atoms with Crippen LogP contribution in [-0.2, 0) is 11.0 Å². The van der Waals surface area contributed by atoms with Crippen LogP contribution in [0.5, 0.6) is 0 Å². The van der Waals surface area contributed by atoms with E-state index in [-0.39, 0.29) is 24.5 Å². The molecule has 0 aliphatic carbocycles. The molecule has 1 aromatic carbocycles. The van der Waals surface area contributed by atoms with E-state index in [4.69, 9.17) is 0 Å². The Morgan fingerprint density at radius 3 is 2.60 bits per heavy atom. The number of carbonyl (C=O) groups excluding carboxylic acids is 1. The molecule has 0 bridgehead atoms. The molecular formula is C17H15F4N3O. The molecule has 1 amide bonds. The second kappa shape index (κ2) is 8.27. The van der Waals surface area contributed by atoms with Crippen molar-refractivity contribution in [1.82, 2.24) is 10.3 Å². The Morgan fingerprint density at radius 2 is 1.88 bits per heavy atom. The Morgan fingerprint density at radius 1 is 1.12 bits per heavy atom. The molecular weight excluding hydrogens is 338 g/mol. The van der Waals surface area contributed by atoms with Gasteiger partial charge in [0.2, 0.25) is 5.91 Å². The minimum absolute atomic E-state index is 0.0549. The van der Waals surface area contributed by atoms with Crippen LogP contribution in [0.25, 0.3) is 6.08 Å². The van der Waals surface area contributed by atoms with E-state index in [1.165, 1.54) is 36.5 Å². The molecule has 0 saturated heterocycles. The summed E-state index contributed by atoms with van der Waals surface area (Å²) in [6.07, 6.45) is -0.797. The van der Waals surface area contributed by atoms with Gasteiger partial charge < -0.3 is 10.6 Å². The van der Waals surface area contributed by atoms with Gasteiger partial charge in [-0.15, -0.1) is 0 Å². The van der Waals surface area contributed by atoms with Crippen molar-refractivity contribution in [2.45, 2.75) is 6.18 Å². The lowest BCUT2D eigenvalue weighted by molar-refractivity contribution is -0.137. The molecule has 1 aromatic heterocycles. The zero-order valence-electron chi connectivity index (χ0n) is 13.0. The van der Waals surface area contributed by atoms with Gasteiger partial charge in [-0.3, -0.25) is 4.79 Å². The average Bonchev–Trinajstić information content (AvgIpc) is 2.57. The van der Waals surface area contributed by atoms with E-state index in [9.17, 15) is 22.4 Å². The fourth-order valence-corrected chi connectivity index (χ4v) is 1.98. The number of aromatic nitrogens is 1. The van der Waals surface area contributed by atoms with Crippen molar-refractivity contribution in [2.75, 3.05) is 18.4 Å². The van der Waals surface area contributed by atoms with Crippen LogP contribution in [0, 0.1) is 5.82 Å². The van der Waals surface area contributed by atoms with Crippen LogP contribution in [-0.4, -0.2) is 24.0 Å². The molecule has 0 atom stereocenters. The van der Waals surface area contributed by atoms with Gasteiger partial charge in [0, 0.05) is 30.9 Å². The number of hydrogen-bond donors (Lipinski definition) is 2. The van der Waals surface area contributed by atoms with Crippen molar-refractivity contribution in [1.29, 1.82) is 0 Å². The van der Waals surface area contributed by atoms with Crippen LogP contribution in [0.2, 0.25) is 0 Å². The molecule has 0 radical (unpaired) electrons. The molecule has 0 spiro atoms. The topological polar surface area (TPSA) is 54.0 Å². The highest BCUT2D eigenvalue weighted by atomic mass is 19.4. The summed E-state index contributed by atoms with van der Waals surface area (Å²) in [6, 6.07) is 8.07. The highest BCUT2D eigenvalue weighted by Gasteiger charge is 2.33.